The monoisotopic (exact) mass is 352 g/mol. The minimum Gasteiger partial charge on any atom is -0.355 e. The van der Waals surface area contributed by atoms with E-state index in [-0.39, 0.29) is 11.8 Å². The largest absolute Gasteiger partial charge is 0.355 e. The smallest absolute Gasteiger partial charge is 0.240 e. The Labute approximate surface area is 133 Å². The quantitative estimate of drug-likeness (QED) is 0.799. The van der Waals surface area contributed by atoms with Crippen molar-refractivity contribution in [2.24, 2.45) is 11.3 Å². The van der Waals surface area contributed by atoms with Crippen LogP contribution in [0.5, 0.6) is 0 Å². The van der Waals surface area contributed by atoms with E-state index in [1.165, 1.54) is 0 Å². The van der Waals surface area contributed by atoms with Crippen molar-refractivity contribution in [3.63, 3.8) is 0 Å². The lowest BCUT2D eigenvalue weighted by Crippen LogP contribution is -2.41. The van der Waals surface area contributed by atoms with Crippen LogP contribution in [-0.2, 0) is 9.59 Å². The average molecular weight is 353 g/mol. The molecule has 1 aromatic rings. The number of halogens is 1. The fourth-order valence-electron chi connectivity index (χ4n) is 2.11. The lowest BCUT2D eigenvalue weighted by Gasteiger charge is -2.17. The summed E-state index contributed by atoms with van der Waals surface area (Å²) in [7, 11) is 0. The molecule has 1 aliphatic rings. The van der Waals surface area contributed by atoms with Crippen LogP contribution in [0, 0.1) is 18.3 Å². The highest BCUT2D eigenvalue weighted by molar-refractivity contribution is 9.10. The fraction of sp³-hybridized carbons (Fsp3) is 0.500. The molecule has 1 fully saturated rings. The Bertz CT molecular complexity index is 565. The van der Waals surface area contributed by atoms with E-state index in [1.54, 1.807) is 0 Å². The normalized spacial score (nSPS) is 15.7. The summed E-state index contributed by atoms with van der Waals surface area (Å²) in [6, 6.07) is 5.71. The van der Waals surface area contributed by atoms with Crippen molar-refractivity contribution in [3.05, 3.63) is 28.2 Å². The summed E-state index contributed by atoms with van der Waals surface area (Å²) in [4.78, 5) is 24.6. The molecule has 0 spiro atoms. The number of aryl methyl sites for hydroxylation is 1. The number of carbonyl (C=O) groups is 2. The zero-order valence-corrected chi connectivity index (χ0v) is 14.2. The summed E-state index contributed by atoms with van der Waals surface area (Å²) in [6.45, 7) is 6.65. The number of nitrogens with one attached hydrogen (secondary N) is 2. The summed E-state index contributed by atoms with van der Waals surface area (Å²) < 4.78 is 0.828. The standard InChI is InChI=1S/C16H21BrN2O2/c1-10(2)9-18-14(20)16(6-7-16)15(21)19-13-5-4-11(3)8-12(13)17/h4-5,8,10H,6-7,9H2,1-3H3,(H,18,20)(H,19,21). The molecule has 4 nitrogen and oxygen atoms in total. The van der Waals surface area contributed by atoms with E-state index in [9.17, 15) is 9.59 Å². The third-order valence-corrected chi connectivity index (χ3v) is 4.32. The van der Waals surface area contributed by atoms with Gasteiger partial charge in [0.1, 0.15) is 5.41 Å². The molecule has 0 aliphatic heterocycles. The molecule has 2 N–H and O–H groups in total. The summed E-state index contributed by atoms with van der Waals surface area (Å²) in [6.07, 6.45) is 1.23. The van der Waals surface area contributed by atoms with Crippen LogP contribution in [0.4, 0.5) is 5.69 Å². The molecule has 21 heavy (non-hydrogen) atoms. The Morgan fingerprint density at radius 3 is 2.48 bits per heavy atom. The van der Waals surface area contributed by atoms with Crippen LogP contribution in [0.1, 0.15) is 32.3 Å². The molecule has 1 aromatic carbocycles. The first kappa shape index (κ1) is 16.0. The molecule has 114 valence electrons. The van der Waals surface area contributed by atoms with Crippen LogP contribution in [0.15, 0.2) is 22.7 Å². The zero-order valence-electron chi connectivity index (χ0n) is 12.6. The Morgan fingerprint density at radius 1 is 1.29 bits per heavy atom. The molecule has 0 bridgehead atoms. The Hall–Kier alpha value is -1.36. The van der Waals surface area contributed by atoms with Crippen LogP contribution < -0.4 is 10.6 Å². The first-order valence-corrected chi connectivity index (χ1v) is 8.00. The lowest BCUT2D eigenvalue weighted by molar-refractivity contribution is -0.134. The van der Waals surface area contributed by atoms with E-state index in [2.05, 4.69) is 26.6 Å². The molecule has 0 aromatic heterocycles. The van der Waals surface area contributed by atoms with Crippen molar-refractivity contribution in [2.45, 2.75) is 33.6 Å². The fourth-order valence-corrected chi connectivity index (χ4v) is 2.70. The van der Waals surface area contributed by atoms with Crippen LogP contribution in [0.2, 0.25) is 0 Å². The Morgan fingerprint density at radius 2 is 1.95 bits per heavy atom. The van der Waals surface area contributed by atoms with Gasteiger partial charge in [-0.25, -0.2) is 0 Å². The maximum atomic E-state index is 12.4. The van der Waals surface area contributed by atoms with Gasteiger partial charge in [0.25, 0.3) is 0 Å². The zero-order chi connectivity index (χ0) is 15.6. The average Bonchev–Trinajstić information content (AvgIpc) is 3.20. The Kier molecular flexibility index (Phi) is 4.71. The van der Waals surface area contributed by atoms with Crippen LogP contribution in [0.25, 0.3) is 0 Å². The summed E-state index contributed by atoms with van der Waals surface area (Å²) >= 11 is 3.43. The van der Waals surface area contributed by atoms with E-state index in [0.717, 1.165) is 10.0 Å². The second-order valence-corrected chi connectivity index (χ2v) is 6.98. The predicted molar refractivity (Wildman–Crippen MR) is 87.0 cm³/mol. The van der Waals surface area contributed by atoms with E-state index >= 15 is 0 Å². The molecule has 0 heterocycles. The number of hydrogen-bond donors (Lipinski definition) is 2. The highest BCUT2D eigenvalue weighted by Gasteiger charge is 2.56. The van der Waals surface area contributed by atoms with Crippen molar-refractivity contribution in [1.82, 2.24) is 5.32 Å². The van der Waals surface area contributed by atoms with Crippen molar-refractivity contribution in [3.8, 4) is 0 Å². The van der Waals surface area contributed by atoms with E-state index in [4.69, 9.17) is 0 Å². The molecule has 1 saturated carbocycles. The first-order valence-electron chi connectivity index (χ1n) is 7.21. The molecule has 0 saturated heterocycles. The van der Waals surface area contributed by atoms with E-state index in [0.29, 0.717) is 31.0 Å². The van der Waals surface area contributed by atoms with Crippen molar-refractivity contribution < 1.29 is 9.59 Å². The van der Waals surface area contributed by atoms with Gasteiger partial charge in [0.2, 0.25) is 11.8 Å². The van der Waals surface area contributed by atoms with Gasteiger partial charge in [-0.1, -0.05) is 19.9 Å². The molecular weight excluding hydrogens is 332 g/mol. The summed E-state index contributed by atoms with van der Waals surface area (Å²) in [5.41, 5.74) is 0.934. The molecule has 2 rings (SSSR count). The maximum absolute atomic E-state index is 12.4. The van der Waals surface area contributed by atoms with Crippen LogP contribution >= 0.6 is 15.9 Å². The summed E-state index contributed by atoms with van der Waals surface area (Å²) in [5.74, 6) is 0.00398. The highest BCUT2D eigenvalue weighted by Crippen LogP contribution is 2.47. The number of rotatable bonds is 5. The minimum absolute atomic E-state index is 0.156. The molecule has 2 amide bonds. The molecule has 0 unspecified atom stereocenters. The van der Waals surface area contributed by atoms with Gasteiger partial charge in [0.05, 0.1) is 5.69 Å². The SMILES string of the molecule is Cc1ccc(NC(=O)C2(C(=O)NCC(C)C)CC2)c(Br)c1. The molecule has 5 heteroatoms. The number of carbonyl (C=O) groups excluding carboxylic acids is 2. The van der Waals surface area contributed by atoms with Gasteiger partial charge in [-0.2, -0.15) is 0 Å². The van der Waals surface area contributed by atoms with Gasteiger partial charge in [0.15, 0.2) is 0 Å². The van der Waals surface area contributed by atoms with Crippen molar-refractivity contribution in [1.29, 1.82) is 0 Å². The van der Waals surface area contributed by atoms with Crippen molar-refractivity contribution >= 4 is 33.4 Å². The molecule has 0 atom stereocenters. The molecule has 0 radical (unpaired) electrons. The van der Waals surface area contributed by atoms with Gasteiger partial charge in [-0.15, -0.1) is 0 Å². The summed E-state index contributed by atoms with van der Waals surface area (Å²) in [5, 5.41) is 5.73. The third-order valence-electron chi connectivity index (χ3n) is 3.66. The second kappa shape index (κ2) is 6.18. The Balaban J connectivity index is 2.04. The minimum atomic E-state index is -0.876. The number of benzene rings is 1. The predicted octanol–water partition coefficient (Wildman–Crippen LogP) is 3.25. The molecule has 1 aliphatic carbocycles. The second-order valence-electron chi connectivity index (χ2n) is 6.12. The topological polar surface area (TPSA) is 58.2 Å². The van der Waals surface area contributed by atoms with Gasteiger partial charge in [0, 0.05) is 11.0 Å². The number of hydrogen-bond acceptors (Lipinski definition) is 2. The van der Waals surface area contributed by atoms with E-state index < -0.39 is 5.41 Å². The molecular formula is C16H21BrN2O2. The van der Waals surface area contributed by atoms with E-state index in [1.807, 2.05) is 39.0 Å². The number of anilines is 1. The third kappa shape index (κ3) is 3.64. The highest BCUT2D eigenvalue weighted by atomic mass is 79.9. The van der Waals surface area contributed by atoms with Crippen molar-refractivity contribution in [2.75, 3.05) is 11.9 Å². The van der Waals surface area contributed by atoms with Gasteiger partial charge in [-0.05, 0) is 59.3 Å². The van der Waals surface area contributed by atoms with Gasteiger partial charge >= 0.3 is 0 Å². The van der Waals surface area contributed by atoms with Crippen LogP contribution in [0.3, 0.4) is 0 Å². The number of amides is 2. The van der Waals surface area contributed by atoms with Gasteiger partial charge < -0.3 is 10.6 Å². The maximum Gasteiger partial charge on any atom is 0.240 e. The lowest BCUT2D eigenvalue weighted by atomic mass is 10.0. The van der Waals surface area contributed by atoms with Crippen LogP contribution in [-0.4, -0.2) is 18.4 Å². The first-order chi connectivity index (χ1) is 9.85. The van der Waals surface area contributed by atoms with Gasteiger partial charge in [-0.3, -0.25) is 9.59 Å².